The zero-order chi connectivity index (χ0) is 20.7. The molecule has 0 saturated heterocycles. The molecular weight excluding hydrogens is 377 g/mol. The van der Waals surface area contributed by atoms with Gasteiger partial charge in [-0.3, -0.25) is 9.88 Å². The molecule has 0 fully saturated rings. The van der Waals surface area contributed by atoms with E-state index in [1.807, 2.05) is 19.1 Å². The molecule has 5 heteroatoms. The highest BCUT2D eigenvalue weighted by molar-refractivity contribution is 5.85. The number of H-pyrrole nitrogens is 1. The van der Waals surface area contributed by atoms with Gasteiger partial charge in [-0.25, -0.2) is 4.39 Å². The maximum absolute atomic E-state index is 13.9. The number of pyridine rings is 1. The number of halogens is 1. The van der Waals surface area contributed by atoms with Gasteiger partial charge < -0.3 is 9.72 Å². The van der Waals surface area contributed by atoms with Crippen LogP contribution in [0.5, 0.6) is 5.75 Å². The Kier molecular flexibility index (Phi) is 4.75. The number of benzene rings is 2. The topological polar surface area (TPSA) is 41.1 Å². The number of rotatable bonds is 4. The molecule has 0 amide bonds. The lowest BCUT2D eigenvalue weighted by Gasteiger charge is -2.35. The fraction of sp³-hybridized carbons (Fsp3) is 0.240. The Balaban J connectivity index is 1.60. The Morgan fingerprint density at radius 3 is 2.83 bits per heavy atom. The quantitative estimate of drug-likeness (QED) is 0.513. The first kappa shape index (κ1) is 18.8. The summed E-state index contributed by atoms with van der Waals surface area (Å²) < 4.78 is 19.1. The van der Waals surface area contributed by atoms with E-state index < -0.39 is 0 Å². The minimum absolute atomic E-state index is 0.0112. The maximum atomic E-state index is 13.9. The van der Waals surface area contributed by atoms with Crippen LogP contribution in [-0.4, -0.2) is 28.5 Å². The Hall–Kier alpha value is -3.18. The lowest BCUT2D eigenvalue weighted by molar-refractivity contribution is 0.198. The molecule has 0 unspecified atom stereocenters. The minimum Gasteiger partial charge on any atom is -0.494 e. The standard InChI is InChI=1S/C25H24FN3O/c1-16-6-5-9-22(27-16)25-24-19(18-7-3-4-8-21(18)28-24)12-13-29(25)15-17-10-11-20(26)23(14-17)30-2/h3-11,14,25,28H,12-13,15H2,1-2H3/t25-/m1/s1. The van der Waals surface area contributed by atoms with Gasteiger partial charge in [0.15, 0.2) is 11.6 Å². The zero-order valence-electron chi connectivity index (χ0n) is 17.2. The van der Waals surface area contributed by atoms with Crippen LogP contribution in [0.4, 0.5) is 4.39 Å². The van der Waals surface area contributed by atoms with Gasteiger partial charge >= 0.3 is 0 Å². The van der Waals surface area contributed by atoms with E-state index in [9.17, 15) is 4.39 Å². The van der Waals surface area contributed by atoms with Crippen molar-refractivity contribution in [3.8, 4) is 5.75 Å². The summed E-state index contributed by atoms with van der Waals surface area (Å²) in [4.78, 5) is 10.9. The van der Waals surface area contributed by atoms with Gasteiger partial charge in [0.05, 0.1) is 18.8 Å². The average molecular weight is 401 g/mol. The lowest BCUT2D eigenvalue weighted by atomic mass is 9.94. The van der Waals surface area contributed by atoms with E-state index in [1.165, 1.54) is 29.8 Å². The normalized spacial score (nSPS) is 16.6. The number of aromatic nitrogens is 2. The largest absolute Gasteiger partial charge is 0.494 e. The van der Waals surface area contributed by atoms with Crippen molar-refractivity contribution in [3.05, 3.63) is 94.7 Å². The number of hydrogen-bond acceptors (Lipinski definition) is 3. The van der Waals surface area contributed by atoms with E-state index in [1.54, 1.807) is 6.07 Å². The Bertz CT molecular complexity index is 1220. The number of para-hydroxylation sites is 1. The summed E-state index contributed by atoms with van der Waals surface area (Å²) in [5.74, 6) is -0.0595. The van der Waals surface area contributed by atoms with Crippen molar-refractivity contribution in [1.82, 2.24) is 14.9 Å². The van der Waals surface area contributed by atoms with Crippen molar-refractivity contribution >= 4 is 10.9 Å². The van der Waals surface area contributed by atoms with Crippen molar-refractivity contribution in [2.75, 3.05) is 13.7 Å². The van der Waals surface area contributed by atoms with Crippen LogP contribution < -0.4 is 4.74 Å². The third-order valence-corrected chi connectivity index (χ3v) is 5.93. The Morgan fingerprint density at radius 1 is 1.13 bits per heavy atom. The van der Waals surface area contributed by atoms with E-state index in [0.29, 0.717) is 6.54 Å². The monoisotopic (exact) mass is 401 g/mol. The van der Waals surface area contributed by atoms with Gasteiger partial charge in [-0.2, -0.15) is 0 Å². The number of ether oxygens (including phenoxy) is 1. The highest BCUT2D eigenvalue weighted by atomic mass is 19.1. The molecule has 0 radical (unpaired) electrons. The van der Waals surface area contributed by atoms with E-state index in [4.69, 9.17) is 9.72 Å². The number of methoxy groups -OCH3 is 1. The summed E-state index contributed by atoms with van der Waals surface area (Å²) in [6, 6.07) is 19.8. The number of nitrogens with one attached hydrogen (secondary N) is 1. The summed E-state index contributed by atoms with van der Waals surface area (Å²) in [5.41, 5.74) is 6.77. The molecule has 0 spiro atoms. The number of fused-ring (bicyclic) bond motifs is 3. The molecule has 1 N–H and O–H groups in total. The van der Waals surface area contributed by atoms with Crippen LogP contribution in [0.25, 0.3) is 10.9 Å². The van der Waals surface area contributed by atoms with Gasteiger partial charge in [-0.15, -0.1) is 0 Å². The van der Waals surface area contributed by atoms with Crippen LogP contribution in [0.15, 0.2) is 60.7 Å². The second kappa shape index (κ2) is 7.58. The molecule has 152 valence electrons. The van der Waals surface area contributed by atoms with E-state index in [0.717, 1.165) is 35.4 Å². The first-order valence-electron chi connectivity index (χ1n) is 10.2. The fourth-order valence-electron chi connectivity index (χ4n) is 4.55. The van der Waals surface area contributed by atoms with Crippen LogP contribution in [0.2, 0.25) is 0 Å². The summed E-state index contributed by atoms with van der Waals surface area (Å²) in [6.45, 7) is 3.61. The molecule has 2 aromatic heterocycles. The molecule has 30 heavy (non-hydrogen) atoms. The molecular formula is C25H24FN3O. The van der Waals surface area contributed by atoms with E-state index in [2.05, 4.69) is 46.3 Å². The van der Waals surface area contributed by atoms with Gasteiger partial charge in [0.1, 0.15) is 0 Å². The minimum atomic E-state index is -0.338. The first-order valence-corrected chi connectivity index (χ1v) is 10.2. The summed E-state index contributed by atoms with van der Waals surface area (Å²) in [5, 5.41) is 1.29. The highest BCUT2D eigenvalue weighted by Gasteiger charge is 2.32. The summed E-state index contributed by atoms with van der Waals surface area (Å²) in [7, 11) is 1.50. The van der Waals surface area contributed by atoms with E-state index >= 15 is 0 Å². The molecule has 1 aliphatic heterocycles. The number of nitrogens with zero attached hydrogens (tertiary/aromatic N) is 2. The number of hydrogen-bond donors (Lipinski definition) is 1. The summed E-state index contributed by atoms with van der Waals surface area (Å²) >= 11 is 0. The van der Waals surface area contributed by atoms with Crippen LogP contribution in [0.3, 0.4) is 0 Å². The van der Waals surface area contributed by atoms with Crippen LogP contribution in [0.1, 0.15) is 34.3 Å². The predicted molar refractivity (Wildman–Crippen MR) is 116 cm³/mol. The molecule has 0 bridgehead atoms. The first-order chi connectivity index (χ1) is 14.6. The molecule has 3 heterocycles. The predicted octanol–water partition coefficient (Wildman–Crippen LogP) is 5.17. The van der Waals surface area contributed by atoms with Crippen molar-refractivity contribution < 1.29 is 9.13 Å². The van der Waals surface area contributed by atoms with Gasteiger partial charge in [0.25, 0.3) is 0 Å². The lowest BCUT2D eigenvalue weighted by Crippen LogP contribution is -2.36. The van der Waals surface area contributed by atoms with E-state index in [-0.39, 0.29) is 17.6 Å². The Morgan fingerprint density at radius 2 is 2.00 bits per heavy atom. The van der Waals surface area contributed by atoms with Crippen molar-refractivity contribution in [2.45, 2.75) is 25.9 Å². The molecule has 4 nitrogen and oxygen atoms in total. The molecule has 0 aliphatic carbocycles. The second-order valence-electron chi connectivity index (χ2n) is 7.86. The SMILES string of the molecule is COc1cc(CN2CCc3c([nH]c4ccccc34)[C@H]2c2cccc(C)n2)ccc1F. The highest BCUT2D eigenvalue weighted by Crippen LogP contribution is 2.38. The molecule has 5 rings (SSSR count). The summed E-state index contributed by atoms with van der Waals surface area (Å²) in [6.07, 6.45) is 0.958. The molecule has 1 atom stereocenters. The van der Waals surface area contributed by atoms with Crippen LogP contribution in [-0.2, 0) is 13.0 Å². The van der Waals surface area contributed by atoms with Crippen LogP contribution in [0, 0.1) is 12.7 Å². The van der Waals surface area contributed by atoms with Gasteiger partial charge in [0, 0.05) is 35.4 Å². The van der Waals surface area contributed by atoms with Gasteiger partial charge in [-0.05, 0) is 54.8 Å². The molecule has 2 aromatic carbocycles. The number of aryl methyl sites for hydroxylation is 1. The molecule has 0 saturated carbocycles. The van der Waals surface area contributed by atoms with Crippen molar-refractivity contribution in [1.29, 1.82) is 0 Å². The molecule has 4 aromatic rings. The van der Waals surface area contributed by atoms with Gasteiger partial charge in [-0.1, -0.05) is 30.3 Å². The zero-order valence-corrected chi connectivity index (χ0v) is 17.2. The van der Waals surface area contributed by atoms with Crippen molar-refractivity contribution in [3.63, 3.8) is 0 Å². The third kappa shape index (κ3) is 3.25. The van der Waals surface area contributed by atoms with Crippen LogP contribution >= 0.6 is 0 Å². The third-order valence-electron chi connectivity index (χ3n) is 5.93. The fourth-order valence-corrected chi connectivity index (χ4v) is 4.55. The molecule has 1 aliphatic rings. The number of aromatic amines is 1. The second-order valence-corrected chi connectivity index (χ2v) is 7.86. The average Bonchev–Trinajstić information content (AvgIpc) is 3.13. The van der Waals surface area contributed by atoms with Gasteiger partial charge in [0.2, 0.25) is 0 Å². The van der Waals surface area contributed by atoms with Crippen molar-refractivity contribution in [2.24, 2.45) is 0 Å². The smallest absolute Gasteiger partial charge is 0.165 e. The maximum Gasteiger partial charge on any atom is 0.165 e. The Labute approximate surface area is 175 Å².